The highest BCUT2D eigenvalue weighted by molar-refractivity contribution is 8.22. The lowest BCUT2D eigenvalue weighted by Gasteiger charge is -2.21. The number of hydrogen-bond donors (Lipinski definition) is 0. The van der Waals surface area contributed by atoms with E-state index in [1.165, 1.54) is 11.8 Å². The van der Waals surface area contributed by atoms with Gasteiger partial charge in [0.1, 0.15) is 4.32 Å². The molecule has 0 N–H and O–H groups in total. The Labute approximate surface area is 112 Å². The first-order valence-electron chi connectivity index (χ1n) is 5.33. The molecule has 0 bridgehead atoms. The van der Waals surface area contributed by atoms with Crippen LogP contribution in [0.15, 0.2) is 25.3 Å². The summed E-state index contributed by atoms with van der Waals surface area (Å²) in [7, 11) is 0. The van der Waals surface area contributed by atoms with Crippen molar-refractivity contribution < 1.29 is 4.92 Å². The van der Waals surface area contributed by atoms with Gasteiger partial charge in [-0.15, -0.1) is 13.2 Å². The van der Waals surface area contributed by atoms with Gasteiger partial charge in [0.2, 0.25) is 6.04 Å². The van der Waals surface area contributed by atoms with Gasteiger partial charge in [0.05, 0.1) is 5.75 Å². The zero-order valence-corrected chi connectivity index (χ0v) is 11.6. The predicted octanol–water partition coefficient (Wildman–Crippen LogP) is 2.73. The molecule has 0 amide bonds. The number of thiocarbonyl (C=S) groups is 1. The first-order chi connectivity index (χ1) is 8.06. The molecule has 4 nitrogen and oxygen atoms in total. The van der Waals surface area contributed by atoms with E-state index in [4.69, 9.17) is 12.2 Å². The number of thioether (sulfide) groups is 1. The highest BCUT2D eigenvalue weighted by Gasteiger charge is 2.19. The summed E-state index contributed by atoms with van der Waals surface area (Å²) in [6.45, 7) is 10.4. The molecule has 6 heteroatoms. The van der Waals surface area contributed by atoms with E-state index >= 15 is 0 Å². The molecule has 0 heterocycles. The summed E-state index contributed by atoms with van der Waals surface area (Å²) in [6.07, 6.45) is 4.02. The normalized spacial score (nSPS) is 11.6. The number of rotatable bonds is 8. The Morgan fingerprint density at radius 1 is 1.53 bits per heavy atom. The summed E-state index contributed by atoms with van der Waals surface area (Å²) < 4.78 is 0.658. The number of nitro groups is 1. The molecule has 0 radical (unpaired) electrons. The Hall–Kier alpha value is -0.880. The summed E-state index contributed by atoms with van der Waals surface area (Å²) in [5.41, 5.74) is 0. The van der Waals surface area contributed by atoms with Crippen LogP contribution in [0.2, 0.25) is 0 Å². The topological polar surface area (TPSA) is 46.4 Å². The lowest BCUT2D eigenvalue weighted by Crippen LogP contribution is -2.30. The van der Waals surface area contributed by atoms with Crippen molar-refractivity contribution in [1.82, 2.24) is 4.90 Å². The standard InChI is InChI=1S/C11H18N2O2S2/c1-4-7-12(8-5-2)11(16)17-9-10(6-3)13(14)15/h4-5,10H,1-2,6-9H2,3H3. The molecule has 0 aromatic heterocycles. The van der Waals surface area contributed by atoms with E-state index in [1.54, 1.807) is 12.2 Å². The minimum absolute atomic E-state index is 0.249. The van der Waals surface area contributed by atoms with Crippen molar-refractivity contribution >= 4 is 28.3 Å². The fourth-order valence-electron chi connectivity index (χ4n) is 1.12. The molecule has 1 atom stereocenters. The van der Waals surface area contributed by atoms with E-state index in [1.807, 2.05) is 11.8 Å². The lowest BCUT2D eigenvalue weighted by molar-refractivity contribution is -0.516. The van der Waals surface area contributed by atoms with Crippen LogP contribution in [0, 0.1) is 10.1 Å². The van der Waals surface area contributed by atoms with Crippen molar-refractivity contribution in [2.75, 3.05) is 18.8 Å². The highest BCUT2D eigenvalue weighted by atomic mass is 32.2. The van der Waals surface area contributed by atoms with Crippen LogP contribution in [0.1, 0.15) is 13.3 Å². The van der Waals surface area contributed by atoms with E-state index < -0.39 is 6.04 Å². The lowest BCUT2D eigenvalue weighted by atomic mass is 10.3. The third kappa shape index (κ3) is 6.43. The monoisotopic (exact) mass is 274 g/mol. The summed E-state index contributed by atoms with van der Waals surface area (Å²) in [4.78, 5) is 12.3. The van der Waals surface area contributed by atoms with Gasteiger partial charge < -0.3 is 4.90 Å². The molecule has 0 fully saturated rings. The molecule has 0 rings (SSSR count). The smallest absolute Gasteiger partial charge is 0.222 e. The van der Waals surface area contributed by atoms with Crippen LogP contribution >= 0.6 is 24.0 Å². The van der Waals surface area contributed by atoms with Gasteiger partial charge in [-0.05, 0) is 0 Å². The Kier molecular flexibility index (Phi) is 8.71. The Bertz CT molecular complexity index is 285. The fourth-order valence-corrected chi connectivity index (χ4v) is 2.50. The molecule has 96 valence electrons. The fraction of sp³-hybridized carbons (Fsp3) is 0.545. The summed E-state index contributed by atoms with van der Waals surface area (Å²) in [6, 6.07) is -0.535. The van der Waals surface area contributed by atoms with Crippen molar-refractivity contribution in [3.8, 4) is 0 Å². The van der Waals surface area contributed by atoms with Gasteiger partial charge in [-0.2, -0.15) is 0 Å². The van der Waals surface area contributed by atoms with Gasteiger partial charge in [-0.1, -0.05) is 43.1 Å². The van der Waals surface area contributed by atoms with Crippen molar-refractivity contribution in [2.45, 2.75) is 19.4 Å². The zero-order valence-electron chi connectivity index (χ0n) is 10.0. The minimum atomic E-state index is -0.535. The zero-order chi connectivity index (χ0) is 13.3. The molecule has 0 aliphatic rings. The van der Waals surface area contributed by atoms with E-state index in [0.717, 1.165) is 0 Å². The molecule has 0 aromatic rings. The Morgan fingerprint density at radius 2 is 2.06 bits per heavy atom. The van der Waals surface area contributed by atoms with Gasteiger partial charge in [0, 0.05) is 24.4 Å². The maximum absolute atomic E-state index is 10.7. The number of hydrogen-bond acceptors (Lipinski definition) is 4. The van der Waals surface area contributed by atoms with Gasteiger partial charge in [-0.3, -0.25) is 10.1 Å². The van der Waals surface area contributed by atoms with Crippen molar-refractivity contribution in [1.29, 1.82) is 0 Å². The van der Waals surface area contributed by atoms with Crippen LogP contribution < -0.4 is 0 Å². The Balaban J connectivity index is 4.24. The van der Waals surface area contributed by atoms with Crippen LogP contribution in [0.3, 0.4) is 0 Å². The SMILES string of the molecule is C=CCN(CC=C)C(=S)SCC(CC)[N+](=O)[O-]. The van der Waals surface area contributed by atoms with E-state index in [0.29, 0.717) is 29.6 Å². The van der Waals surface area contributed by atoms with Gasteiger partial charge in [0.25, 0.3) is 0 Å². The molecule has 0 aliphatic carbocycles. The molecular weight excluding hydrogens is 256 g/mol. The molecule has 0 saturated heterocycles. The van der Waals surface area contributed by atoms with E-state index in [-0.39, 0.29) is 4.92 Å². The second-order valence-corrected chi connectivity index (χ2v) is 5.06. The van der Waals surface area contributed by atoms with Crippen molar-refractivity contribution in [3.05, 3.63) is 35.4 Å². The van der Waals surface area contributed by atoms with Crippen LogP contribution in [-0.2, 0) is 0 Å². The van der Waals surface area contributed by atoms with Gasteiger partial charge in [0.15, 0.2) is 0 Å². The highest BCUT2D eigenvalue weighted by Crippen LogP contribution is 2.14. The van der Waals surface area contributed by atoms with Crippen LogP contribution in [-0.4, -0.2) is 39.0 Å². The average Bonchev–Trinajstić information content (AvgIpc) is 2.28. The summed E-state index contributed by atoms with van der Waals surface area (Å²) >= 11 is 6.58. The second-order valence-electron chi connectivity index (χ2n) is 3.41. The molecule has 0 spiro atoms. The summed E-state index contributed by atoms with van der Waals surface area (Å²) in [5, 5.41) is 10.7. The van der Waals surface area contributed by atoms with Crippen molar-refractivity contribution in [3.63, 3.8) is 0 Å². The molecule has 17 heavy (non-hydrogen) atoms. The molecular formula is C11H18N2O2S2. The average molecular weight is 274 g/mol. The molecule has 0 aliphatic heterocycles. The molecule has 1 unspecified atom stereocenters. The maximum Gasteiger partial charge on any atom is 0.222 e. The van der Waals surface area contributed by atoms with Gasteiger partial charge in [-0.25, -0.2) is 0 Å². The van der Waals surface area contributed by atoms with Crippen molar-refractivity contribution in [2.24, 2.45) is 0 Å². The van der Waals surface area contributed by atoms with Crippen LogP contribution in [0.25, 0.3) is 0 Å². The van der Waals surface area contributed by atoms with E-state index in [2.05, 4.69) is 13.2 Å². The maximum atomic E-state index is 10.7. The van der Waals surface area contributed by atoms with E-state index in [9.17, 15) is 10.1 Å². The molecule has 0 aromatic carbocycles. The third-order valence-corrected chi connectivity index (χ3v) is 3.79. The largest absolute Gasteiger partial charge is 0.350 e. The third-order valence-electron chi connectivity index (χ3n) is 2.13. The minimum Gasteiger partial charge on any atom is -0.350 e. The Morgan fingerprint density at radius 3 is 2.41 bits per heavy atom. The first kappa shape index (κ1) is 16.1. The molecule has 0 saturated carbocycles. The van der Waals surface area contributed by atoms with Gasteiger partial charge >= 0.3 is 0 Å². The quantitative estimate of drug-likeness (QED) is 0.295. The number of nitrogens with zero attached hydrogens (tertiary/aromatic N) is 2. The van der Waals surface area contributed by atoms with Crippen LogP contribution in [0.4, 0.5) is 0 Å². The van der Waals surface area contributed by atoms with Crippen LogP contribution in [0.5, 0.6) is 0 Å². The summed E-state index contributed by atoms with van der Waals surface area (Å²) in [5.74, 6) is 0.410. The second kappa shape index (κ2) is 9.18. The first-order valence-corrected chi connectivity index (χ1v) is 6.73. The predicted molar refractivity (Wildman–Crippen MR) is 78.1 cm³/mol.